The standard InChI is InChI=1S/C24H29N3O3/c1-4-30-24(29)25(3)15-8-13-20-19-10-7-9-18-14-16-26(23(18)19)21-11-5-6-12-22(21)27(20)17(2)28/h5-7,9-12,20H,4,8,13-16H2,1-3H3. The predicted octanol–water partition coefficient (Wildman–Crippen LogP) is 4.66. The average Bonchev–Trinajstić information content (AvgIpc) is 3.12. The lowest BCUT2D eigenvalue weighted by Gasteiger charge is -2.31. The number of ether oxygens (including phenoxy) is 1. The molecular weight excluding hydrogens is 378 g/mol. The van der Waals surface area contributed by atoms with Crippen LogP contribution >= 0.6 is 0 Å². The van der Waals surface area contributed by atoms with E-state index in [-0.39, 0.29) is 18.0 Å². The number of benzene rings is 2. The summed E-state index contributed by atoms with van der Waals surface area (Å²) in [5, 5.41) is 0. The van der Waals surface area contributed by atoms with Gasteiger partial charge in [0.15, 0.2) is 0 Å². The predicted molar refractivity (Wildman–Crippen MR) is 118 cm³/mol. The fourth-order valence-electron chi connectivity index (χ4n) is 4.72. The van der Waals surface area contributed by atoms with Crippen LogP contribution in [0.3, 0.4) is 0 Å². The zero-order valence-electron chi connectivity index (χ0n) is 17.9. The van der Waals surface area contributed by atoms with Crippen molar-refractivity contribution in [1.29, 1.82) is 0 Å². The molecule has 2 aliphatic rings. The molecule has 0 saturated heterocycles. The lowest BCUT2D eigenvalue weighted by molar-refractivity contribution is -0.117. The van der Waals surface area contributed by atoms with E-state index < -0.39 is 0 Å². The van der Waals surface area contributed by atoms with Crippen LogP contribution in [-0.4, -0.2) is 43.6 Å². The fourth-order valence-corrected chi connectivity index (χ4v) is 4.72. The molecule has 2 aromatic carbocycles. The van der Waals surface area contributed by atoms with Crippen LogP contribution < -0.4 is 9.80 Å². The molecule has 2 aromatic rings. The SMILES string of the molecule is CCOC(=O)N(C)CCCC1c2cccc3c2N(CC3)c2ccccc2N1C(C)=O. The molecule has 0 N–H and O–H groups in total. The number of para-hydroxylation sites is 3. The van der Waals surface area contributed by atoms with E-state index >= 15 is 0 Å². The topological polar surface area (TPSA) is 53.1 Å². The molecule has 30 heavy (non-hydrogen) atoms. The molecule has 0 radical (unpaired) electrons. The van der Waals surface area contributed by atoms with Gasteiger partial charge < -0.3 is 19.4 Å². The van der Waals surface area contributed by atoms with Gasteiger partial charge in [-0.2, -0.15) is 0 Å². The third-order valence-corrected chi connectivity index (χ3v) is 6.02. The van der Waals surface area contributed by atoms with Gasteiger partial charge in [0, 0.05) is 32.7 Å². The summed E-state index contributed by atoms with van der Waals surface area (Å²) in [6, 6.07) is 14.5. The zero-order chi connectivity index (χ0) is 21.3. The first-order valence-electron chi connectivity index (χ1n) is 10.7. The van der Waals surface area contributed by atoms with Crippen molar-refractivity contribution in [1.82, 2.24) is 4.90 Å². The number of hydrogen-bond donors (Lipinski definition) is 0. The minimum atomic E-state index is -0.307. The Morgan fingerprint density at radius 1 is 1.13 bits per heavy atom. The second-order valence-electron chi connectivity index (χ2n) is 7.91. The Balaban J connectivity index is 1.69. The van der Waals surface area contributed by atoms with Crippen LogP contribution in [0.25, 0.3) is 0 Å². The largest absolute Gasteiger partial charge is 0.450 e. The second kappa shape index (κ2) is 8.38. The number of hydrogen-bond acceptors (Lipinski definition) is 4. The van der Waals surface area contributed by atoms with Crippen molar-refractivity contribution in [3.63, 3.8) is 0 Å². The summed E-state index contributed by atoms with van der Waals surface area (Å²) in [4.78, 5) is 30.7. The molecule has 2 aliphatic heterocycles. The number of carbonyl (C=O) groups excluding carboxylic acids is 2. The van der Waals surface area contributed by atoms with Crippen LogP contribution in [0.2, 0.25) is 0 Å². The molecule has 0 bridgehead atoms. The number of amides is 2. The smallest absolute Gasteiger partial charge is 0.409 e. The minimum Gasteiger partial charge on any atom is -0.450 e. The Bertz CT molecular complexity index is 958. The summed E-state index contributed by atoms with van der Waals surface area (Å²) in [5.41, 5.74) is 5.82. The highest BCUT2D eigenvalue weighted by molar-refractivity contribution is 5.99. The summed E-state index contributed by atoms with van der Waals surface area (Å²) < 4.78 is 5.08. The average molecular weight is 408 g/mol. The van der Waals surface area contributed by atoms with Crippen molar-refractivity contribution in [3.05, 3.63) is 53.6 Å². The van der Waals surface area contributed by atoms with E-state index in [1.807, 2.05) is 23.1 Å². The molecule has 0 fully saturated rings. The van der Waals surface area contributed by atoms with Gasteiger partial charge in [-0.15, -0.1) is 0 Å². The van der Waals surface area contributed by atoms with E-state index in [0.29, 0.717) is 13.2 Å². The molecule has 0 aromatic heterocycles. The normalized spacial score (nSPS) is 16.6. The molecule has 4 rings (SSSR count). The lowest BCUT2D eigenvalue weighted by Crippen LogP contribution is -2.34. The maximum atomic E-state index is 12.9. The summed E-state index contributed by atoms with van der Waals surface area (Å²) in [6.45, 7) is 5.32. The zero-order valence-corrected chi connectivity index (χ0v) is 17.9. The Hall–Kier alpha value is -3.02. The molecule has 2 amide bonds. The molecule has 2 heterocycles. The van der Waals surface area contributed by atoms with Gasteiger partial charge in [-0.3, -0.25) is 4.79 Å². The van der Waals surface area contributed by atoms with Crippen LogP contribution in [0.5, 0.6) is 0 Å². The minimum absolute atomic E-state index is 0.0324. The van der Waals surface area contributed by atoms with Crippen molar-refractivity contribution in [2.24, 2.45) is 0 Å². The number of carbonyl (C=O) groups is 2. The van der Waals surface area contributed by atoms with Crippen LogP contribution in [0.4, 0.5) is 21.9 Å². The highest BCUT2D eigenvalue weighted by Crippen LogP contribution is 2.50. The van der Waals surface area contributed by atoms with E-state index in [1.165, 1.54) is 16.8 Å². The van der Waals surface area contributed by atoms with E-state index in [1.54, 1.807) is 25.8 Å². The van der Waals surface area contributed by atoms with E-state index in [4.69, 9.17) is 4.74 Å². The van der Waals surface area contributed by atoms with Crippen molar-refractivity contribution in [3.8, 4) is 0 Å². The first kappa shape index (κ1) is 20.3. The third kappa shape index (κ3) is 3.51. The van der Waals surface area contributed by atoms with Gasteiger partial charge in [-0.1, -0.05) is 30.3 Å². The molecule has 6 heteroatoms. The summed E-state index contributed by atoms with van der Waals surface area (Å²) in [6.07, 6.45) is 2.24. The van der Waals surface area contributed by atoms with Gasteiger partial charge >= 0.3 is 6.09 Å². The fraction of sp³-hybridized carbons (Fsp3) is 0.417. The Kier molecular flexibility index (Phi) is 5.66. The van der Waals surface area contributed by atoms with Crippen LogP contribution in [0.1, 0.15) is 43.9 Å². The molecule has 0 aliphatic carbocycles. The number of nitrogens with zero attached hydrogens (tertiary/aromatic N) is 3. The van der Waals surface area contributed by atoms with Gasteiger partial charge in [0.2, 0.25) is 5.91 Å². The Morgan fingerprint density at radius 3 is 2.63 bits per heavy atom. The van der Waals surface area contributed by atoms with Gasteiger partial charge in [0.05, 0.1) is 24.0 Å². The number of rotatable bonds is 5. The van der Waals surface area contributed by atoms with Gasteiger partial charge in [0.1, 0.15) is 0 Å². The molecule has 158 valence electrons. The Morgan fingerprint density at radius 2 is 1.90 bits per heavy atom. The van der Waals surface area contributed by atoms with Gasteiger partial charge in [0.25, 0.3) is 0 Å². The Labute approximate surface area is 178 Å². The summed E-state index contributed by atoms with van der Waals surface area (Å²) in [5.74, 6) is 0.0324. The maximum absolute atomic E-state index is 12.9. The number of fused-ring (bicyclic) bond motifs is 2. The van der Waals surface area contributed by atoms with Crippen molar-refractivity contribution in [2.45, 2.75) is 39.2 Å². The molecular formula is C24H29N3O3. The number of anilines is 3. The molecule has 6 nitrogen and oxygen atoms in total. The van der Waals surface area contributed by atoms with E-state index in [0.717, 1.165) is 37.2 Å². The summed E-state index contributed by atoms with van der Waals surface area (Å²) in [7, 11) is 1.76. The quantitative estimate of drug-likeness (QED) is 0.724. The van der Waals surface area contributed by atoms with Gasteiger partial charge in [-0.05, 0) is 49.4 Å². The molecule has 0 spiro atoms. The van der Waals surface area contributed by atoms with Crippen molar-refractivity contribution in [2.75, 3.05) is 36.5 Å². The first-order chi connectivity index (χ1) is 14.5. The highest BCUT2D eigenvalue weighted by atomic mass is 16.5. The monoisotopic (exact) mass is 407 g/mol. The van der Waals surface area contributed by atoms with E-state index in [2.05, 4.69) is 29.2 Å². The van der Waals surface area contributed by atoms with Crippen LogP contribution in [0.15, 0.2) is 42.5 Å². The summed E-state index contributed by atoms with van der Waals surface area (Å²) >= 11 is 0. The molecule has 1 unspecified atom stereocenters. The maximum Gasteiger partial charge on any atom is 0.409 e. The lowest BCUT2D eigenvalue weighted by atomic mass is 9.96. The van der Waals surface area contributed by atoms with Crippen LogP contribution in [-0.2, 0) is 16.0 Å². The van der Waals surface area contributed by atoms with Gasteiger partial charge in [-0.25, -0.2) is 4.79 Å². The van der Waals surface area contributed by atoms with E-state index in [9.17, 15) is 9.59 Å². The second-order valence-corrected chi connectivity index (χ2v) is 7.91. The third-order valence-electron chi connectivity index (χ3n) is 6.02. The van der Waals surface area contributed by atoms with Crippen molar-refractivity contribution < 1.29 is 14.3 Å². The first-order valence-corrected chi connectivity index (χ1v) is 10.7. The molecule has 1 atom stereocenters. The van der Waals surface area contributed by atoms with Crippen molar-refractivity contribution >= 4 is 29.1 Å². The highest BCUT2D eigenvalue weighted by Gasteiger charge is 2.37. The van der Waals surface area contributed by atoms with Crippen LogP contribution in [0, 0.1) is 0 Å². The molecule has 0 saturated carbocycles.